The maximum absolute atomic E-state index is 12.2. The van der Waals surface area contributed by atoms with E-state index in [1.807, 2.05) is 13.8 Å². The van der Waals surface area contributed by atoms with Crippen molar-refractivity contribution in [1.82, 2.24) is 15.5 Å². The molecule has 0 unspecified atom stereocenters. The second kappa shape index (κ2) is 8.74. The van der Waals surface area contributed by atoms with E-state index in [0.29, 0.717) is 19.0 Å². The van der Waals surface area contributed by atoms with Gasteiger partial charge in [-0.25, -0.2) is 0 Å². The molecular formula is C21H32N4O2. The molecule has 2 amide bonds. The molecule has 0 bridgehead atoms. The van der Waals surface area contributed by atoms with Crippen LogP contribution in [-0.4, -0.2) is 56.5 Å². The lowest BCUT2D eigenvalue weighted by atomic mass is 10.0. The Labute approximate surface area is 162 Å². The Balaban J connectivity index is 1.67. The van der Waals surface area contributed by atoms with Crippen molar-refractivity contribution in [3.63, 3.8) is 0 Å². The lowest BCUT2D eigenvalue weighted by Crippen LogP contribution is -2.44. The Morgan fingerprint density at radius 1 is 1.04 bits per heavy atom. The zero-order valence-electron chi connectivity index (χ0n) is 16.8. The van der Waals surface area contributed by atoms with E-state index in [1.54, 1.807) is 0 Å². The van der Waals surface area contributed by atoms with Gasteiger partial charge in [0.1, 0.15) is 0 Å². The van der Waals surface area contributed by atoms with E-state index in [9.17, 15) is 9.59 Å². The van der Waals surface area contributed by atoms with Crippen LogP contribution in [0.25, 0.3) is 0 Å². The van der Waals surface area contributed by atoms with E-state index >= 15 is 0 Å². The number of carbonyl (C=O) groups is 2. The Morgan fingerprint density at radius 3 is 2.37 bits per heavy atom. The van der Waals surface area contributed by atoms with Crippen LogP contribution in [0.3, 0.4) is 0 Å². The number of rotatable bonds is 6. The summed E-state index contributed by atoms with van der Waals surface area (Å²) in [4.78, 5) is 28.9. The van der Waals surface area contributed by atoms with Crippen LogP contribution in [-0.2, 0) is 16.0 Å². The average Bonchev–Trinajstić information content (AvgIpc) is 3.30. The predicted octanol–water partition coefficient (Wildman–Crippen LogP) is 1.70. The number of nitrogens with zero attached hydrogens (tertiary/aromatic N) is 2. The smallest absolute Gasteiger partial charge is 0.309 e. The van der Waals surface area contributed by atoms with Crippen LogP contribution in [0.2, 0.25) is 0 Å². The summed E-state index contributed by atoms with van der Waals surface area (Å²) in [5.74, 6) is -0.760. The summed E-state index contributed by atoms with van der Waals surface area (Å²) in [5, 5.41) is 5.54. The van der Waals surface area contributed by atoms with Crippen LogP contribution in [0.15, 0.2) is 18.2 Å². The number of carbonyl (C=O) groups excluding carboxylic acids is 2. The van der Waals surface area contributed by atoms with Gasteiger partial charge in [0, 0.05) is 32.4 Å². The summed E-state index contributed by atoms with van der Waals surface area (Å²) >= 11 is 0. The molecule has 0 spiro atoms. The van der Waals surface area contributed by atoms with E-state index < -0.39 is 11.8 Å². The number of hydrogen-bond acceptors (Lipinski definition) is 4. The van der Waals surface area contributed by atoms with Gasteiger partial charge in [0.25, 0.3) is 0 Å². The number of nitrogens with one attached hydrogen (secondary N) is 2. The summed E-state index contributed by atoms with van der Waals surface area (Å²) in [6, 6.07) is 6.77. The minimum atomic E-state index is -0.542. The third-order valence-electron chi connectivity index (χ3n) is 5.53. The lowest BCUT2D eigenvalue weighted by molar-refractivity contribution is -0.139. The number of anilines is 1. The summed E-state index contributed by atoms with van der Waals surface area (Å²) in [5.41, 5.74) is 3.91. The van der Waals surface area contributed by atoms with Crippen molar-refractivity contribution in [3.8, 4) is 0 Å². The molecule has 148 valence electrons. The van der Waals surface area contributed by atoms with Gasteiger partial charge in [0.15, 0.2) is 0 Å². The number of amides is 2. The largest absolute Gasteiger partial charge is 0.374 e. The van der Waals surface area contributed by atoms with Crippen LogP contribution in [0.1, 0.15) is 43.9 Å². The summed E-state index contributed by atoms with van der Waals surface area (Å²) in [6.45, 7) is 8.12. The molecule has 6 nitrogen and oxygen atoms in total. The number of hydrogen-bond donors (Lipinski definition) is 2. The average molecular weight is 373 g/mol. The molecule has 3 rings (SSSR count). The first kappa shape index (κ1) is 19.7. The fraction of sp³-hybridized carbons (Fsp3) is 0.619. The maximum Gasteiger partial charge on any atom is 0.309 e. The molecule has 1 aromatic rings. The topological polar surface area (TPSA) is 64.7 Å². The van der Waals surface area contributed by atoms with E-state index in [1.165, 1.54) is 29.7 Å². The van der Waals surface area contributed by atoms with Crippen molar-refractivity contribution >= 4 is 17.5 Å². The first-order valence-corrected chi connectivity index (χ1v) is 10.1. The molecule has 2 aliphatic rings. The SMILES string of the molecule is CC(C)CNC(=O)C(=O)NC[C@@H](c1ccc2c(c1)CCN2C)N1CCCC1. The van der Waals surface area contributed by atoms with E-state index in [2.05, 4.69) is 45.7 Å². The molecule has 1 atom stereocenters. The quantitative estimate of drug-likeness (QED) is 0.746. The number of likely N-dealkylation sites (tertiary alicyclic amines) is 1. The van der Waals surface area contributed by atoms with Crippen LogP contribution in [0.5, 0.6) is 0 Å². The third kappa shape index (κ3) is 4.80. The lowest BCUT2D eigenvalue weighted by Gasteiger charge is -2.28. The molecule has 2 N–H and O–H groups in total. The summed E-state index contributed by atoms with van der Waals surface area (Å²) in [6.07, 6.45) is 3.44. The fourth-order valence-corrected chi connectivity index (χ4v) is 3.95. The number of likely N-dealkylation sites (N-methyl/N-ethyl adjacent to an activating group) is 1. The molecule has 0 saturated carbocycles. The maximum atomic E-state index is 12.2. The number of fused-ring (bicyclic) bond motifs is 1. The van der Waals surface area contributed by atoms with Gasteiger partial charge in [-0.15, -0.1) is 0 Å². The molecule has 0 aliphatic carbocycles. The second-order valence-corrected chi connectivity index (χ2v) is 8.13. The molecule has 0 aromatic heterocycles. The highest BCUT2D eigenvalue weighted by Gasteiger charge is 2.26. The van der Waals surface area contributed by atoms with Gasteiger partial charge in [-0.2, -0.15) is 0 Å². The number of benzene rings is 1. The van der Waals surface area contributed by atoms with Crippen LogP contribution >= 0.6 is 0 Å². The highest BCUT2D eigenvalue weighted by molar-refractivity contribution is 6.35. The molecule has 1 fully saturated rings. The predicted molar refractivity (Wildman–Crippen MR) is 108 cm³/mol. The molecule has 6 heteroatoms. The van der Waals surface area contributed by atoms with Gasteiger partial charge in [-0.05, 0) is 55.5 Å². The van der Waals surface area contributed by atoms with Gasteiger partial charge in [-0.3, -0.25) is 14.5 Å². The second-order valence-electron chi connectivity index (χ2n) is 8.13. The molecule has 1 saturated heterocycles. The van der Waals surface area contributed by atoms with Crippen molar-refractivity contribution < 1.29 is 9.59 Å². The highest BCUT2D eigenvalue weighted by Crippen LogP contribution is 2.32. The van der Waals surface area contributed by atoms with Gasteiger partial charge in [-0.1, -0.05) is 26.0 Å². The van der Waals surface area contributed by atoms with Crippen LogP contribution in [0.4, 0.5) is 5.69 Å². The van der Waals surface area contributed by atoms with Gasteiger partial charge >= 0.3 is 11.8 Å². The van der Waals surface area contributed by atoms with E-state index in [0.717, 1.165) is 26.1 Å². The highest BCUT2D eigenvalue weighted by atomic mass is 16.2. The molecular weight excluding hydrogens is 340 g/mol. The zero-order valence-corrected chi connectivity index (χ0v) is 16.8. The minimum absolute atomic E-state index is 0.116. The zero-order chi connectivity index (χ0) is 19.4. The third-order valence-corrected chi connectivity index (χ3v) is 5.53. The molecule has 2 aliphatic heterocycles. The van der Waals surface area contributed by atoms with Crippen molar-refractivity contribution in [1.29, 1.82) is 0 Å². The Bertz CT molecular complexity index is 683. The molecule has 27 heavy (non-hydrogen) atoms. The Kier molecular flexibility index (Phi) is 6.37. The van der Waals surface area contributed by atoms with Crippen molar-refractivity contribution in [3.05, 3.63) is 29.3 Å². The fourth-order valence-electron chi connectivity index (χ4n) is 3.95. The van der Waals surface area contributed by atoms with Crippen molar-refractivity contribution in [2.24, 2.45) is 5.92 Å². The van der Waals surface area contributed by atoms with E-state index in [4.69, 9.17) is 0 Å². The van der Waals surface area contributed by atoms with Crippen LogP contribution in [0, 0.1) is 5.92 Å². The molecule has 0 radical (unpaired) electrons. The monoisotopic (exact) mass is 372 g/mol. The first-order chi connectivity index (χ1) is 13.0. The summed E-state index contributed by atoms with van der Waals surface area (Å²) < 4.78 is 0. The Hall–Kier alpha value is -2.08. The van der Waals surface area contributed by atoms with Crippen molar-refractivity contribution in [2.75, 3.05) is 44.7 Å². The van der Waals surface area contributed by atoms with Crippen LogP contribution < -0.4 is 15.5 Å². The normalized spacial score (nSPS) is 17.9. The molecule has 1 aromatic carbocycles. The summed E-state index contributed by atoms with van der Waals surface area (Å²) in [7, 11) is 2.12. The standard InChI is InChI=1S/C21H32N4O2/c1-15(2)13-22-20(26)21(27)23-14-19(25-9-4-5-10-25)16-6-7-18-17(12-16)8-11-24(18)3/h6-7,12,15,19H,4-5,8-11,13-14H2,1-3H3,(H,22,26)(H,23,27)/t19-/m0/s1. The van der Waals surface area contributed by atoms with Gasteiger partial charge in [0.05, 0.1) is 6.04 Å². The molecule has 2 heterocycles. The Morgan fingerprint density at radius 2 is 1.70 bits per heavy atom. The van der Waals surface area contributed by atoms with Gasteiger partial charge in [0.2, 0.25) is 0 Å². The van der Waals surface area contributed by atoms with E-state index in [-0.39, 0.29) is 6.04 Å². The minimum Gasteiger partial charge on any atom is -0.374 e. The first-order valence-electron chi connectivity index (χ1n) is 10.1. The van der Waals surface area contributed by atoms with Gasteiger partial charge < -0.3 is 15.5 Å². The van der Waals surface area contributed by atoms with Crippen molar-refractivity contribution in [2.45, 2.75) is 39.2 Å².